The molecule has 0 aliphatic carbocycles. The average Bonchev–Trinajstić information content (AvgIpc) is 2.63. The Labute approximate surface area is 121 Å². The number of likely N-dealkylation sites (tertiary alicyclic amines) is 1. The van der Waals surface area contributed by atoms with Crippen LogP contribution in [0.2, 0.25) is 0 Å². The van der Waals surface area contributed by atoms with Gasteiger partial charge in [-0.1, -0.05) is 18.2 Å². The van der Waals surface area contributed by atoms with E-state index >= 15 is 0 Å². The number of benzene rings is 1. The second kappa shape index (κ2) is 7.61. The van der Waals surface area contributed by atoms with Gasteiger partial charge in [0.25, 0.3) is 0 Å². The highest BCUT2D eigenvalue weighted by Crippen LogP contribution is 2.28. The fourth-order valence-corrected chi connectivity index (χ4v) is 3.22. The Morgan fingerprint density at radius 2 is 2.21 bits per heavy atom. The lowest BCUT2D eigenvalue weighted by Gasteiger charge is -2.20. The van der Waals surface area contributed by atoms with E-state index in [1.165, 1.54) is 42.9 Å². The first kappa shape index (κ1) is 14.5. The predicted molar refractivity (Wildman–Crippen MR) is 86.1 cm³/mol. The standard InChI is InChI=1S/C16H24N2S/c1-3-13-19-16-9-5-4-8-15(16)17-14-7-6-11-18(2)12-10-14/h3-5,8-9,14,17H,1,6-7,10-13H2,2H3. The number of nitrogens with one attached hydrogen (secondary N) is 1. The number of anilines is 1. The number of nitrogens with zero attached hydrogens (tertiary/aromatic N) is 1. The van der Waals surface area contributed by atoms with Crippen molar-refractivity contribution in [2.45, 2.75) is 30.2 Å². The van der Waals surface area contributed by atoms with Crippen LogP contribution in [0.4, 0.5) is 5.69 Å². The monoisotopic (exact) mass is 276 g/mol. The maximum absolute atomic E-state index is 3.80. The molecule has 0 radical (unpaired) electrons. The van der Waals surface area contributed by atoms with Crippen LogP contribution in [0.15, 0.2) is 41.8 Å². The molecule has 1 N–H and O–H groups in total. The minimum absolute atomic E-state index is 0.607. The molecule has 1 saturated heterocycles. The molecule has 0 amide bonds. The topological polar surface area (TPSA) is 15.3 Å². The molecule has 0 spiro atoms. The first-order chi connectivity index (χ1) is 9.29. The van der Waals surface area contributed by atoms with Crippen molar-refractivity contribution in [2.75, 3.05) is 31.2 Å². The maximum Gasteiger partial charge on any atom is 0.0480 e. The van der Waals surface area contributed by atoms with Gasteiger partial charge in [-0.05, 0) is 51.5 Å². The largest absolute Gasteiger partial charge is 0.381 e. The highest BCUT2D eigenvalue weighted by Gasteiger charge is 2.15. The van der Waals surface area contributed by atoms with E-state index in [4.69, 9.17) is 0 Å². The van der Waals surface area contributed by atoms with Gasteiger partial charge in [0.15, 0.2) is 0 Å². The fourth-order valence-electron chi connectivity index (χ4n) is 2.46. The van der Waals surface area contributed by atoms with Crippen LogP contribution in [0.5, 0.6) is 0 Å². The molecule has 1 aromatic carbocycles. The van der Waals surface area contributed by atoms with E-state index in [-0.39, 0.29) is 0 Å². The third-order valence-electron chi connectivity index (χ3n) is 3.56. The molecular formula is C16H24N2S. The van der Waals surface area contributed by atoms with Gasteiger partial charge in [-0.2, -0.15) is 0 Å². The van der Waals surface area contributed by atoms with Gasteiger partial charge in [0.2, 0.25) is 0 Å². The Kier molecular flexibility index (Phi) is 5.80. The first-order valence-electron chi connectivity index (χ1n) is 7.07. The Bertz CT molecular complexity index is 405. The molecule has 1 aliphatic heterocycles. The molecule has 2 nitrogen and oxygen atoms in total. The number of hydrogen-bond acceptors (Lipinski definition) is 3. The van der Waals surface area contributed by atoms with Crippen LogP contribution >= 0.6 is 11.8 Å². The molecule has 1 aromatic rings. The van der Waals surface area contributed by atoms with Crippen LogP contribution < -0.4 is 5.32 Å². The Morgan fingerprint density at radius 1 is 1.37 bits per heavy atom. The van der Waals surface area contributed by atoms with E-state index in [0.717, 1.165) is 5.75 Å². The zero-order chi connectivity index (χ0) is 13.5. The van der Waals surface area contributed by atoms with Crippen LogP contribution in [0.25, 0.3) is 0 Å². The van der Waals surface area contributed by atoms with E-state index < -0.39 is 0 Å². The average molecular weight is 276 g/mol. The molecule has 0 saturated carbocycles. The SMILES string of the molecule is C=CCSc1ccccc1NC1CCCN(C)CC1. The number of thioether (sulfide) groups is 1. The number of para-hydroxylation sites is 1. The van der Waals surface area contributed by atoms with Crippen molar-refractivity contribution in [2.24, 2.45) is 0 Å². The third-order valence-corrected chi connectivity index (χ3v) is 4.62. The summed E-state index contributed by atoms with van der Waals surface area (Å²) < 4.78 is 0. The summed E-state index contributed by atoms with van der Waals surface area (Å²) in [5.74, 6) is 0.964. The molecule has 1 unspecified atom stereocenters. The lowest BCUT2D eigenvalue weighted by molar-refractivity contribution is 0.348. The van der Waals surface area contributed by atoms with Crippen LogP contribution in [0.3, 0.4) is 0 Å². The van der Waals surface area contributed by atoms with Crippen LogP contribution in [0.1, 0.15) is 19.3 Å². The van der Waals surface area contributed by atoms with Crippen LogP contribution in [0, 0.1) is 0 Å². The van der Waals surface area contributed by atoms with E-state index in [1.54, 1.807) is 0 Å². The number of rotatable bonds is 5. The van der Waals surface area contributed by atoms with Crippen LogP contribution in [-0.2, 0) is 0 Å². The highest BCUT2D eigenvalue weighted by atomic mass is 32.2. The molecule has 1 atom stereocenters. The molecule has 0 bridgehead atoms. The zero-order valence-electron chi connectivity index (χ0n) is 11.8. The predicted octanol–water partition coefficient (Wildman–Crippen LogP) is 3.86. The Morgan fingerprint density at radius 3 is 3.05 bits per heavy atom. The van der Waals surface area contributed by atoms with Crippen molar-refractivity contribution >= 4 is 17.4 Å². The van der Waals surface area contributed by atoms with Crippen LogP contribution in [-0.4, -0.2) is 36.8 Å². The quantitative estimate of drug-likeness (QED) is 0.649. The molecule has 104 valence electrons. The summed E-state index contributed by atoms with van der Waals surface area (Å²) in [5, 5.41) is 3.74. The molecule has 3 heteroatoms. The van der Waals surface area contributed by atoms with E-state index in [1.807, 2.05) is 17.8 Å². The van der Waals surface area contributed by atoms with Gasteiger partial charge in [0, 0.05) is 22.4 Å². The van der Waals surface area contributed by atoms with Crippen molar-refractivity contribution in [3.8, 4) is 0 Å². The van der Waals surface area contributed by atoms with Gasteiger partial charge in [0.1, 0.15) is 0 Å². The summed E-state index contributed by atoms with van der Waals surface area (Å²) in [6, 6.07) is 9.22. The lowest BCUT2D eigenvalue weighted by Crippen LogP contribution is -2.23. The maximum atomic E-state index is 3.80. The van der Waals surface area contributed by atoms with E-state index in [0.29, 0.717) is 6.04 Å². The molecule has 19 heavy (non-hydrogen) atoms. The van der Waals surface area contributed by atoms with Crippen molar-refractivity contribution < 1.29 is 0 Å². The van der Waals surface area contributed by atoms with Crippen molar-refractivity contribution in [1.29, 1.82) is 0 Å². The Balaban J connectivity index is 1.99. The first-order valence-corrected chi connectivity index (χ1v) is 8.06. The molecule has 0 aromatic heterocycles. The minimum atomic E-state index is 0.607. The summed E-state index contributed by atoms with van der Waals surface area (Å²) in [6.07, 6.45) is 5.75. The second-order valence-electron chi connectivity index (χ2n) is 5.17. The molecule has 2 rings (SSSR count). The summed E-state index contributed by atoms with van der Waals surface area (Å²) in [6.45, 7) is 6.22. The smallest absolute Gasteiger partial charge is 0.0480 e. The molecule has 1 heterocycles. The summed E-state index contributed by atoms with van der Waals surface area (Å²) in [4.78, 5) is 3.76. The van der Waals surface area contributed by atoms with E-state index in [2.05, 4.69) is 48.1 Å². The summed E-state index contributed by atoms with van der Waals surface area (Å²) in [7, 11) is 2.22. The van der Waals surface area contributed by atoms with Crippen molar-refractivity contribution in [1.82, 2.24) is 4.90 Å². The van der Waals surface area contributed by atoms with Crippen molar-refractivity contribution in [3.63, 3.8) is 0 Å². The number of hydrogen-bond donors (Lipinski definition) is 1. The molecule has 1 aliphatic rings. The van der Waals surface area contributed by atoms with Gasteiger partial charge in [-0.15, -0.1) is 18.3 Å². The van der Waals surface area contributed by atoms with Gasteiger partial charge < -0.3 is 10.2 Å². The van der Waals surface area contributed by atoms with Gasteiger partial charge in [0.05, 0.1) is 0 Å². The van der Waals surface area contributed by atoms with Gasteiger partial charge in [-0.3, -0.25) is 0 Å². The normalized spacial score (nSPS) is 20.8. The van der Waals surface area contributed by atoms with Gasteiger partial charge >= 0.3 is 0 Å². The zero-order valence-corrected chi connectivity index (χ0v) is 12.6. The minimum Gasteiger partial charge on any atom is -0.381 e. The summed E-state index contributed by atoms with van der Waals surface area (Å²) in [5.41, 5.74) is 1.28. The molecule has 1 fully saturated rings. The second-order valence-corrected chi connectivity index (χ2v) is 6.23. The summed E-state index contributed by atoms with van der Waals surface area (Å²) >= 11 is 1.85. The van der Waals surface area contributed by atoms with Crippen molar-refractivity contribution in [3.05, 3.63) is 36.9 Å². The molecular weight excluding hydrogens is 252 g/mol. The van der Waals surface area contributed by atoms with Gasteiger partial charge in [-0.25, -0.2) is 0 Å². The highest BCUT2D eigenvalue weighted by molar-refractivity contribution is 7.99. The fraction of sp³-hybridized carbons (Fsp3) is 0.500. The third kappa shape index (κ3) is 4.59. The van der Waals surface area contributed by atoms with E-state index in [9.17, 15) is 0 Å². The Hall–Kier alpha value is -0.930. The lowest BCUT2D eigenvalue weighted by atomic mass is 10.1.